The van der Waals surface area contributed by atoms with Crippen molar-refractivity contribution >= 4 is 16.7 Å². The third-order valence-corrected chi connectivity index (χ3v) is 3.02. The summed E-state index contributed by atoms with van der Waals surface area (Å²) in [6.07, 6.45) is 0. The van der Waals surface area contributed by atoms with Crippen molar-refractivity contribution in [3.63, 3.8) is 0 Å². The molecule has 100 valence electrons. The molecule has 2 N–H and O–H groups in total. The molecule has 1 heterocycles. The highest BCUT2D eigenvalue weighted by molar-refractivity contribution is 6.01. The lowest BCUT2D eigenvalue weighted by Crippen LogP contribution is -2.32. The Bertz CT molecular complexity index is 689. The zero-order valence-corrected chi connectivity index (χ0v) is 10.9. The van der Waals surface area contributed by atoms with Crippen LogP contribution in [-0.4, -0.2) is 22.1 Å². The second-order valence-electron chi connectivity index (χ2n) is 4.15. The number of pyridine rings is 1. The maximum absolute atomic E-state index is 12.3. The second-order valence-corrected chi connectivity index (χ2v) is 4.15. The van der Waals surface area contributed by atoms with E-state index in [4.69, 9.17) is 0 Å². The normalized spacial score (nSPS) is 10.6. The highest BCUT2D eigenvalue weighted by Crippen LogP contribution is 2.26. The maximum Gasteiger partial charge on any atom is 0.271 e. The lowest BCUT2D eigenvalue weighted by Gasteiger charge is -2.14. The van der Waals surface area contributed by atoms with E-state index in [0.29, 0.717) is 23.9 Å². The number of nitrogens with one attached hydrogen (secondary N) is 1. The molecule has 0 aliphatic heterocycles. The lowest BCUT2D eigenvalue weighted by molar-refractivity contribution is 0.0942. The highest BCUT2D eigenvalue weighted by Gasteiger charge is 2.20. The summed E-state index contributed by atoms with van der Waals surface area (Å²) in [7, 11) is 0. The van der Waals surface area contributed by atoms with Crippen molar-refractivity contribution in [2.24, 2.45) is 0 Å². The number of amides is 1. The van der Waals surface area contributed by atoms with E-state index in [1.54, 1.807) is 38.1 Å². The van der Waals surface area contributed by atoms with E-state index in [9.17, 15) is 14.7 Å². The molecule has 1 aromatic heterocycles. The van der Waals surface area contributed by atoms with Crippen LogP contribution in [0.1, 0.15) is 24.3 Å². The van der Waals surface area contributed by atoms with Crippen LogP contribution in [0.5, 0.6) is 5.75 Å². The first-order valence-corrected chi connectivity index (χ1v) is 6.24. The van der Waals surface area contributed by atoms with E-state index in [-0.39, 0.29) is 17.0 Å². The Morgan fingerprint density at radius 3 is 2.47 bits per heavy atom. The highest BCUT2D eigenvalue weighted by atomic mass is 16.3. The molecule has 0 saturated carbocycles. The monoisotopic (exact) mass is 260 g/mol. The van der Waals surface area contributed by atoms with Gasteiger partial charge in [-0.25, -0.2) is 0 Å². The Hall–Kier alpha value is -2.30. The Morgan fingerprint density at radius 2 is 1.89 bits per heavy atom. The first-order chi connectivity index (χ1) is 9.11. The fourth-order valence-electron chi connectivity index (χ4n) is 2.15. The van der Waals surface area contributed by atoms with Crippen LogP contribution in [0.25, 0.3) is 10.8 Å². The number of carbonyl (C=O) groups is 1. The van der Waals surface area contributed by atoms with Crippen molar-refractivity contribution in [2.45, 2.75) is 20.4 Å². The number of benzene rings is 1. The molecular formula is C14H16N2O3. The predicted molar refractivity (Wildman–Crippen MR) is 73.6 cm³/mol. The van der Waals surface area contributed by atoms with Gasteiger partial charge in [0.05, 0.1) is 5.39 Å². The average molecular weight is 260 g/mol. The van der Waals surface area contributed by atoms with Crippen molar-refractivity contribution in [3.8, 4) is 5.75 Å². The third-order valence-electron chi connectivity index (χ3n) is 3.02. The maximum atomic E-state index is 12.3. The summed E-state index contributed by atoms with van der Waals surface area (Å²) >= 11 is 0. The first kappa shape index (κ1) is 13.1. The third kappa shape index (κ3) is 2.07. The topological polar surface area (TPSA) is 71.3 Å². The van der Waals surface area contributed by atoms with Gasteiger partial charge >= 0.3 is 0 Å². The van der Waals surface area contributed by atoms with Gasteiger partial charge in [0.2, 0.25) is 0 Å². The minimum absolute atomic E-state index is 0.0213. The van der Waals surface area contributed by atoms with Crippen LogP contribution >= 0.6 is 0 Å². The molecule has 1 aromatic carbocycles. The van der Waals surface area contributed by atoms with E-state index < -0.39 is 5.91 Å². The molecular weight excluding hydrogens is 244 g/mol. The molecule has 0 radical (unpaired) electrons. The number of hydrogen-bond donors (Lipinski definition) is 2. The molecule has 19 heavy (non-hydrogen) atoms. The zero-order chi connectivity index (χ0) is 14.0. The van der Waals surface area contributed by atoms with Gasteiger partial charge in [0.25, 0.3) is 11.5 Å². The molecule has 2 aromatic rings. The Morgan fingerprint density at radius 1 is 1.26 bits per heavy atom. The summed E-state index contributed by atoms with van der Waals surface area (Å²) < 4.78 is 1.29. The van der Waals surface area contributed by atoms with Crippen molar-refractivity contribution in [1.82, 2.24) is 9.88 Å². The van der Waals surface area contributed by atoms with E-state index in [1.807, 2.05) is 0 Å². The number of hydrogen-bond acceptors (Lipinski definition) is 3. The second kappa shape index (κ2) is 5.14. The van der Waals surface area contributed by atoms with Gasteiger partial charge in [0.15, 0.2) is 11.4 Å². The van der Waals surface area contributed by atoms with Gasteiger partial charge in [-0.2, -0.15) is 0 Å². The minimum atomic E-state index is -0.440. The molecule has 0 aliphatic rings. The molecule has 0 fully saturated rings. The van der Waals surface area contributed by atoms with Crippen molar-refractivity contribution in [3.05, 3.63) is 40.3 Å². The van der Waals surface area contributed by atoms with Gasteiger partial charge in [0, 0.05) is 18.5 Å². The summed E-state index contributed by atoms with van der Waals surface area (Å²) in [5, 5.41) is 13.7. The fraction of sp³-hybridized carbons (Fsp3) is 0.286. The van der Waals surface area contributed by atoms with Gasteiger partial charge in [-0.3, -0.25) is 9.59 Å². The first-order valence-electron chi connectivity index (χ1n) is 6.24. The van der Waals surface area contributed by atoms with Gasteiger partial charge < -0.3 is 15.0 Å². The molecule has 5 heteroatoms. The molecule has 0 atom stereocenters. The standard InChI is InChI=1S/C14H16N2O3/c1-3-15-13(18)11-12(17)9-7-5-6-8-10(9)14(19)16(11)4-2/h5-8,17H,3-4H2,1-2H3,(H,15,18). The summed E-state index contributed by atoms with van der Waals surface area (Å²) in [6, 6.07) is 6.73. The van der Waals surface area contributed by atoms with Gasteiger partial charge in [-0.05, 0) is 19.9 Å². The van der Waals surface area contributed by atoms with E-state index in [0.717, 1.165) is 0 Å². The number of rotatable bonds is 3. The van der Waals surface area contributed by atoms with E-state index >= 15 is 0 Å². The van der Waals surface area contributed by atoms with Crippen molar-refractivity contribution < 1.29 is 9.90 Å². The number of aromatic nitrogens is 1. The van der Waals surface area contributed by atoms with Crippen LogP contribution in [0, 0.1) is 0 Å². The lowest BCUT2D eigenvalue weighted by atomic mass is 10.1. The molecule has 0 aliphatic carbocycles. The van der Waals surface area contributed by atoms with Gasteiger partial charge in [-0.15, -0.1) is 0 Å². The molecule has 0 unspecified atom stereocenters. The van der Waals surface area contributed by atoms with Crippen LogP contribution in [0.3, 0.4) is 0 Å². The van der Waals surface area contributed by atoms with Crippen LogP contribution in [-0.2, 0) is 6.54 Å². The Kier molecular flexibility index (Phi) is 3.55. The number of nitrogens with zero attached hydrogens (tertiary/aromatic N) is 1. The molecule has 2 rings (SSSR count). The van der Waals surface area contributed by atoms with Crippen LogP contribution < -0.4 is 10.9 Å². The van der Waals surface area contributed by atoms with Crippen LogP contribution in [0.2, 0.25) is 0 Å². The van der Waals surface area contributed by atoms with Gasteiger partial charge in [-0.1, -0.05) is 18.2 Å². The Labute approximate surface area is 110 Å². The summed E-state index contributed by atoms with van der Waals surface area (Å²) in [5.41, 5.74) is -0.245. The van der Waals surface area contributed by atoms with Crippen molar-refractivity contribution in [1.29, 1.82) is 0 Å². The number of fused-ring (bicyclic) bond motifs is 1. The summed E-state index contributed by atoms with van der Waals surface area (Å²) in [5.74, 6) is -0.590. The molecule has 1 amide bonds. The zero-order valence-electron chi connectivity index (χ0n) is 10.9. The largest absolute Gasteiger partial charge is 0.505 e. The number of carbonyl (C=O) groups excluding carboxylic acids is 1. The average Bonchev–Trinajstić information content (AvgIpc) is 2.42. The molecule has 0 saturated heterocycles. The molecule has 5 nitrogen and oxygen atoms in total. The fourth-order valence-corrected chi connectivity index (χ4v) is 2.15. The van der Waals surface area contributed by atoms with Crippen LogP contribution in [0.15, 0.2) is 29.1 Å². The van der Waals surface area contributed by atoms with Crippen molar-refractivity contribution in [2.75, 3.05) is 6.54 Å². The minimum Gasteiger partial charge on any atom is -0.505 e. The Balaban J connectivity index is 2.86. The van der Waals surface area contributed by atoms with Gasteiger partial charge in [0.1, 0.15) is 0 Å². The van der Waals surface area contributed by atoms with Crippen LogP contribution in [0.4, 0.5) is 0 Å². The smallest absolute Gasteiger partial charge is 0.271 e. The van der Waals surface area contributed by atoms with E-state index in [1.165, 1.54) is 4.57 Å². The molecule has 0 bridgehead atoms. The van der Waals surface area contributed by atoms with E-state index in [2.05, 4.69) is 5.32 Å². The predicted octanol–water partition coefficient (Wildman–Crippen LogP) is 1.48. The quantitative estimate of drug-likeness (QED) is 0.878. The summed E-state index contributed by atoms with van der Waals surface area (Å²) in [4.78, 5) is 24.3. The summed E-state index contributed by atoms with van der Waals surface area (Å²) in [6.45, 7) is 4.30. The molecule has 0 spiro atoms. The SMILES string of the molecule is CCNC(=O)c1c(O)c2ccccc2c(=O)n1CC. The number of aromatic hydroxyl groups is 1.